The second kappa shape index (κ2) is 6.37. The highest BCUT2D eigenvalue weighted by Crippen LogP contribution is 2.34. The van der Waals surface area contributed by atoms with Gasteiger partial charge in [-0.2, -0.15) is 11.8 Å². The molecule has 2 aliphatic rings. The van der Waals surface area contributed by atoms with E-state index in [4.69, 9.17) is 4.74 Å². The fraction of sp³-hybridized carbons (Fsp3) is 0.938. The molecule has 1 saturated carbocycles. The van der Waals surface area contributed by atoms with Gasteiger partial charge in [-0.3, -0.25) is 0 Å². The molecular formula is C16H30N2O2S. The number of amides is 1. The molecule has 5 heteroatoms. The van der Waals surface area contributed by atoms with Crippen molar-refractivity contribution in [2.24, 2.45) is 5.41 Å². The summed E-state index contributed by atoms with van der Waals surface area (Å²) in [6.45, 7) is 10.4. The molecule has 1 amide bonds. The number of rotatable bonds is 3. The topological polar surface area (TPSA) is 50.4 Å². The van der Waals surface area contributed by atoms with Gasteiger partial charge >= 0.3 is 6.09 Å². The van der Waals surface area contributed by atoms with Crippen molar-refractivity contribution in [2.45, 2.75) is 77.6 Å². The number of thioether (sulfide) groups is 1. The summed E-state index contributed by atoms with van der Waals surface area (Å²) < 4.78 is 5.28. The molecule has 1 heterocycles. The van der Waals surface area contributed by atoms with Crippen molar-refractivity contribution >= 4 is 17.9 Å². The van der Waals surface area contributed by atoms with Crippen LogP contribution in [0.25, 0.3) is 0 Å². The van der Waals surface area contributed by atoms with Gasteiger partial charge in [0.25, 0.3) is 0 Å². The Morgan fingerprint density at radius 2 is 1.86 bits per heavy atom. The molecule has 0 bridgehead atoms. The van der Waals surface area contributed by atoms with Crippen LogP contribution in [0.2, 0.25) is 0 Å². The monoisotopic (exact) mass is 314 g/mol. The van der Waals surface area contributed by atoms with Gasteiger partial charge in [-0.05, 0) is 51.2 Å². The lowest BCUT2D eigenvalue weighted by atomic mass is 9.83. The van der Waals surface area contributed by atoms with Gasteiger partial charge in [0.15, 0.2) is 0 Å². The van der Waals surface area contributed by atoms with Gasteiger partial charge in [-0.25, -0.2) is 4.79 Å². The zero-order valence-electron chi connectivity index (χ0n) is 14.0. The standard InChI is InChI=1S/C16H30N2O2S/c1-15(2,3)20-14(19)18-12-6-11(7-12)17-13-8-16(4,5)10-21-9-13/h11-13,17H,6-10H2,1-5H3,(H,18,19). The normalized spacial score (nSPS) is 32.1. The van der Waals surface area contributed by atoms with Crippen LogP contribution in [0.3, 0.4) is 0 Å². The van der Waals surface area contributed by atoms with E-state index in [2.05, 4.69) is 36.2 Å². The van der Waals surface area contributed by atoms with Crippen LogP contribution in [0.1, 0.15) is 53.9 Å². The van der Waals surface area contributed by atoms with Gasteiger partial charge in [0, 0.05) is 23.9 Å². The van der Waals surface area contributed by atoms with Crippen LogP contribution in [0.15, 0.2) is 0 Å². The highest BCUT2D eigenvalue weighted by Gasteiger charge is 2.35. The Hall–Kier alpha value is -0.420. The van der Waals surface area contributed by atoms with Crippen LogP contribution in [-0.2, 0) is 4.74 Å². The molecule has 1 atom stereocenters. The maximum Gasteiger partial charge on any atom is 0.407 e. The van der Waals surface area contributed by atoms with Gasteiger partial charge in [0.1, 0.15) is 5.60 Å². The predicted octanol–water partition coefficient (Wildman–Crippen LogP) is 3.16. The van der Waals surface area contributed by atoms with Crippen molar-refractivity contribution in [3.63, 3.8) is 0 Å². The second-order valence-electron chi connectivity index (χ2n) is 8.26. The minimum atomic E-state index is -0.420. The number of alkyl carbamates (subject to hydrolysis) is 1. The Morgan fingerprint density at radius 3 is 2.43 bits per heavy atom. The number of nitrogens with one attached hydrogen (secondary N) is 2. The van der Waals surface area contributed by atoms with E-state index in [-0.39, 0.29) is 12.1 Å². The fourth-order valence-electron chi connectivity index (χ4n) is 3.05. The number of hydrogen-bond donors (Lipinski definition) is 2. The van der Waals surface area contributed by atoms with E-state index in [0.717, 1.165) is 12.8 Å². The lowest BCUT2D eigenvalue weighted by Crippen LogP contribution is -2.56. The van der Waals surface area contributed by atoms with Crippen molar-refractivity contribution < 1.29 is 9.53 Å². The molecule has 122 valence electrons. The molecule has 2 N–H and O–H groups in total. The first-order chi connectivity index (χ1) is 9.63. The summed E-state index contributed by atoms with van der Waals surface area (Å²) in [5, 5.41) is 6.70. The minimum Gasteiger partial charge on any atom is -0.444 e. The minimum absolute atomic E-state index is 0.265. The van der Waals surface area contributed by atoms with Crippen molar-refractivity contribution in [3.05, 3.63) is 0 Å². The summed E-state index contributed by atoms with van der Waals surface area (Å²) in [6, 6.07) is 1.43. The van der Waals surface area contributed by atoms with Crippen molar-refractivity contribution in [1.29, 1.82) is 0 Å². The van der Waals surface area contributed by atoms with Crippen LogP contribution in [-0.4, -0.2) is 41.3 Å². The van der Waals surface area contributed by atoms with E-state index in [0.29, 0.717) is 17.5 Å². The van der Waals surface area contributed by atoms with Gasteiger partial charge < -0.3 is 15.4 Å². The smallest absolute Gasteiger partial charge is 0.407 e. The van der Waals surface area contributed by atoms with E-state index >= 15 is 0 Å². The molecule has 0 spiro atoms. The molecular weight excluding hydrogens is 284 g/mol. The molecule has 1 unspecified atom stereocenters. The first-order valence-electron chi connectivity index (χ1n) is 7.96. The number of carbonyl (C=O) groups excluding carboxylic acids is 1. The van der Waals surface area contributed by atoms with Crippen LogP contribution in [0.5, 0.6) is 0 Å². The highest BCUT2D eigenvalue weighted by molar-refractivity contribution is 7.99. The molecule has 1 aliphatic heterocycles. The molecule has 2 fully saturated rings. The lowest BCUT2D eigenvalue weighted by molar-refractivity contribution is 0.0462. The van der Waals surface area contributed by atoms with Gasteiger partial charge in [-0.1, -0.05) is 13.8 Å². The number of carbonyl (C=O) groups is 1. The van der Waals surface area contributed by atoms with Crippen LogP contribution < -0.4 is 10.6 Å². The van der Waals surface area contributed by atoms with Crippen molar-refractivity contribution in [1.82, 2.24) is 10.6 Å². The van der Waals surface area contributed by atoms with E-state index < -0.39 is 5.60 Å². The van der Waals surface area contributed by atoms with Crippen LogP contribution in [0.4, 0.5) is 4.79 Å². The molecule has 2 rings (SSSR count). The summed E-state index contributed by atoms with van der Waals surface area (Å²) in [5.41, 5.74) is 0.0227. The molecule has 1 saturated heterocycles. The lowest BCUT2D eigenvalue weighted by Gasteiger charge is -2.42. The summed E-state index contributed by atoms with van der Waals surface area (Å²) in [7, 11) is 0. The second-order valence-corrected chi connectivity index (χ2v) is 9.29. The Morgan fingerprint density at radius 1 is 1.19 bits per heavy atom. The Balaban J connectivity index is 1.64. The maximum absolute atomic E-state index is 11.7. The van der Waals surface area contributed by atoms with Crippen LogP contribution in [0, 0.1) is 5.41 Å². The largest absolute Gasteiger partial charge is 0.444 e. The molecule has 4 nitrogen and oxygen atoms in total. The quantitative estimate of drug-likeness (QED) is 0.840. The molecule has 1 aliphatic carbocycles. The Bertz CT molecular complexity index is 373. The zero-order valence-corrected chi connectivity index (χ0v) is 14.8. The fourth-order valence-corrected chi connectivity index (χ4v) is 4.34. The average Bonchev–Trinajstić information content (AvgIpc) is 2.21. The summed E-state index contributed by atoms with van der Waals surface area (Å²) in [5.74, 6) is 2.47. The molecule has 0 aromatic carbocycles. The molecule has 21 heavy (non-hydrogen) atoms. The van der Waals surface area contributed by atoms with E-state index in [1.54, 1.807) is 0 Å². The number of ether oxygens (including phenoxy) is 1. The SMILES string of the molecule is CC1(C)CSCC(NC2CC(NC(=O)OC(C)(C)C)C2)C1. The average molecular weight is 314 g/mol. The van der Waals surface area contributed by atoms with Crippen molar-refractivity contribution in [2.75, 3.05) is 11.5 Å². The third-order valence-corrected chi connectivity index (χ3v) is 5.56. The van der Waals surface area contributed by atoms with Crippen molar-refractivity contribution in [3.8, 4) is 0 Å². The Labute approximate surface area is 133 Å². The first-order valence-corrected chi connectivity index (χ1v) is 9.12. The zero-order chi connectivity index (χ0) is 15.7. The Kier molecular flexibility index (Phi) is 5.14. The number of hydrogen-bond acceptors (Lipinski definition) is 4. The summed E-state index contributed by atoms with van der Waals surface area (Å²) in [6.07, 6.45) is 2.99. The van der Waals surface area contributed by atoms with E-state index in [9.17, 15) is 4.79 Å². The highest BCUT2D eigenvalue weighted by atomic mass is 32.2. The molecule has 0 aromatic heterocycles. The van der Waals surface area contributed by atoms with E-state index in [1.807, 2.05) is 20.8 Å². The molecule has 0 radical (unpaired) electrons. The van der Waals surface area contributed by atoms with Gasteiger partial charge in [-0.15, -0.1) is 0 Å². The first kappa shape index (κ1) is 16.9. The summed E-state index contributed by atoms with van der Waals surface area (Å²) in [4.78, 5) is 11.7. The maximum atomic E-state index is 11.7. The predicted molar refractivity (Wildman–Crippen MR) is 88.8 cm³/mol. The third-order valence-electron chi connectivity index (χ3n) is 3.94. The van der Waals surface area contributed by atoms with E-state index in [1.165, 1.54) is 17.9 Å². The van der Waals surface area contributed by atoms with Gasteiger partial charge in [0.05, 0.1) is 0 Å². The van der Waals surface area contributed by atoms with Crippen LogP contribution >= 0.6 is 11.8 Å². The summed E-state index contributed by atoms with van der Waals surface area (Å²) >= 11 is 2.05. The third kappa shape index (κ3) is 5.70. The molecule has 0 aromatic rings. The van der Waals surface area contributed by atoms with Gasteiger partial charge in [0.2, 0.25) is 0 Å².